The molecule has 0 aliphatic carbocycles. The molecule has 1 fully saturated rings. The summed E-state index contributed by atoms with van der Waals surface area (Å²) in [5, 5.41) is 10.3. The SMILES string of the molecule is CC(=O)N(C)C(CN1CCC(O)C1)c1ccccc1.O=c1[nH]c2ccc1cc2. The zero-order valence-electron chi connectivity index (χ0n) is 16.3. The molecular formula is C22H27N3O3. The number of amides is 1. The second-order valence-corrected chi connectivity index (χ2v) is 7.29. The Labute approximate surface area is 164 Å². The number of pyridine rings is 2. The molecule has 28 heavy (non-hydrogen) atoms. The molecule has 1 aliphatic heterocycles. The number of carbonyl (C=O) groups excluding carboxylic acids is 1. The maximum atomic E-state index is 11.7. The summed E-state index contributed by atoms with van der Waals surface area (Å²) in [4.78, 5) is 29.1. The van der Waals surface area contributed by atoms with E-state index in [1.54, 1.807) is 11.8 Å². The fourth-order valence-electron chi connectivity index (χ4n) is 3.48. The van der Waals surface area contributed by atoms with Crippen LogP contribution in [0, 0.1) is 0 Å². The van der Waals surface area contributed by atoms with Crippen LogP contribution in [0.1, 0.15) is 24.9 Å². The quantitative estimate of drug-likeness (QED) is 0.727. The number of aliphatic hydroxyl groups excluding tert-OH is 1. The van der Waals surface area contributed by atoms with Gasteiger partial charge in [-0.05, 0) is 36.2 Å². The number of fused-ring (bicyclic) bond motifs is 3. The van der Waals surface area contributed by atoms with Crippen molar-refractivity contribution < 1.29 is 9.90 Å². The van der Waals surface area contributed by atoms with Crippen LogP contribution in [0.15, 0.2) is 59.4 Å². The molecule has 2 N–H and O–H groups in total. The highest BCUT2D eigenvalue weighted by Gasteiger charge is 2.26. The summed E-state index contributed by atoms with van der Waals surface area (Å²) in [6.07, 6.45) is 0.602. The van der Waals surface area contributed by atoms with Gasteiger partial charge < -0.3 is 15.0 Å². The minimum absolute atomic E-state index is 0.00926. The molecule has 6 heteroatoms. The van der Waals surface area contributed by atoms with E-state index in [9.17, 15) is 14.7 Å². The van der Waals surface area contributed by atoms with Crippen molar-refractivity contribution in [3.8, 4) is 0 Å². The number of rotatable bonds is 4. The normalized spacial score (nSPS) is 17.9. The second-order valence-electron chi connectivity index (χ2n) is 7.29. The summed E-state index contributed by atoms with van der Waals surface area (Å²) in [7, 11) is 1.84. The molecule has 1 aliphatic rings. The van der Waals surface area contributed by atoms with Gasteiger partial charge in [0.25, 0.3) is 5.56 Å². The van der Waals surface area contributed by atoms with Gasteiger partial charge in [0.05, 0.1) is 12.1 Å². The predicted molar refractivity (Wildman–Crippen MR) is 110 cm³/mol. The highest BCUT2D eigenvalue weighted by atomic mass is 16.3. The molecule has 148 valence electrons. The first-order valence-electron chi connectivity index (χ1n) is 9.54. The monoisotopic (exact) mass is 381 g/mol. The van der Waals surface area contributed by atoms with E-state index in [-0.39, 0.29) is 23.6 Å². The molecule has 1 amide bonds. The number of likely N-dealkylation sites (tertiary alicyclic amines) is 1. The Morgan fingerprint density at radius 1 is 1.21 bits per heavy atom. The molecule has 1 saturated heterocycles. The first-order chi connectivity index (χ1) is 13.4. The van der Waals surface area contributed by atoms with E-state index in [2.05, 4.69) is 22.0 Å². The molecular weight excluding hydrogens is 354 g/mol. The van der Waals surface area contributed by atoms with E-state index in [0.717, 1.165) is 36.0 Å². The van der Waals surface area contributed by atoms with E-state index < -0.39 is 0 Å². The van der Waals surface area contributed by atoms with Gasteiger partial charge in [-0.2, -0.15) is 0 Å². The van der Waals surface area contributed by atoms with Gasteiger partial charge in [-0.1, -0.05) is 30.3 Å². The van der Waals surface area contributed by atoms with Crippen molar-refractivity contribution in [2.24, 2.45) is 0 Å². The maximum absolute atomic E-state index is 11.7. The predicted octanol–water partition coefficient (Wildman–Crippen LogP) is 2.24. The van der Waals surface area contributed by atoms with Crippen molar-refractivity contribution in [3.63, 3.8) is 0 Å². The van der Waals surface area contributed by atoms with E-state index in [0.29, 0.717) is 6.54 Å². The number of carbonyl (C=O) groups is 1. The van der Waals surface area contributed by atoms with E-state index >= 15 is 0 Å². The number of H-pyrrole nitrogens is 1. The van der Waals surface area contributed by atoms with Gasteiger partial charge in [-0.25, -0.2) is 0 Å². The van der Waals surface area contributed by atoms with Crippen molar-refractivity contribution in [3.05, 3.63) is 70.5 Å². The number of hydrogen-bond acceptors (Lipinski definition) is 4. The molecule has 2 atom stereocenters. The Bertz CT molecular complexity index is 920. The lowest BCUT2D eigenvalue weighted by Crippen LogP contribution is -2.38. The average molecular weight is 381 g/mol. The number of hydrogen-bond donors (Lipinski definition) is 2. The van der Waals surface area contributed by atoms with Crippen LogP contribution < -0.4 is 5.56 Å². The van der Waals surface area contributed by atoms with Gasteiger partial charge in [-0.15, -0.1) is 0 Å². The minimum atomic E-state index is -0.223. The third-order valence-corrected chi connectivity index (χ3v) is 5.23. The van der Waals surface area contributed by atoms with Gasteiger partial charge in [0, 0.05) is 44.5 Å². The summed E-state index contributed by atoms with van der Waals surface area (Å²) >= 11 is 0. The zero-order chi connectivity index (χ0) is 20.1. The number of aliphatic hydroxyl groups is 1. The lowest BCUT2D eigenvalue weighted by atomic mass is 10.1. The summed E-state index contributed by atoms with van der Waals surface area (Å²) in [6, 6.07) is 17.5. The molecule has 2 aromatic carbocycles. The molecule has 2 unspecified atom stereocenters. The Hall–Kier alpha value is -2.70. The van der Waals surface area contributed by atoms with Gasteiger partial charge in [-0.3, -0.25) is 14.5 Å². The molecule has 0 saturated carbocycles. The third-order valence-electron chi connectivity index (χ3n) is 5.23. The molecule has 5 rings (SSSR count). The molecule has 2 aromatic heterocycles. The Balaban J connectivity index is 0.000000206. The highest BCUT2D eigenvalue weighted by molar-refractivity contribution is 5.73. The van der Waals surface area contributed by atoms with E-state index in [1.165, 1.54) is 0 Å². The molecule has 4 aromatic rings. The lowest BCUT2D eigenvalue weighted by Gasteiger charge is -2.31. The summed E-state index contributed by atoms with van der Waals surface area (Å²) in [5.74, 6) is 0.0635. The standard InChI is InChI=1S/C15H22N2O2.C7H5NO/c1-12(18)16(2)15(13-6-4-3-5-7-13)11-17-9-8-14(19)10-17;9-7-5-1-3-6(8-7)4-2-5/h3-7,14-15,19H,8-11H2,1-2H3;1-4H,(H,8,9). The largest absolute Gasteiger partial charge is 0.392 e. The van der Waals surface area contributed by atoms with Crippen LogP contribution in [0.4, 0.5) is 0 Å². The van der Waals surface area contributed by atoms with E-state index in [1.807, 2.05) is 49.5 Å². The first-order valence-corrected chi connectivity index (χ1v) is 9.54. The fraction of sp³-hybridized carbons (Fsp3) is 0.364. The number of aromatic amines is 1. The smallest absolute Gasteiger partial charge is 0.255 e. The number of benzene rings is 2. The van der Waals surface area contributed by atoms with Crippen molar-refractivity contribution in [2.45, 2.75) is 25.5 Å². The fourth-order valence-corrected chi connectivity index (χ4v) is 3.48. The van der Waals surface area contributed by atoms with Crippen molar-refractivity contribution in [2.75, 3.05) is 26.7 Å². The topological polar surface area (TPSA) is 76.6 Å². The molecule has 0 spiro atoms. The summed E-state index contributed by atoms with van der Waals surface area (Å²) in [5.41, 5.74) is 2.03. The number of β-amino-alcohol motifs (C(OH)–C–C–N with tert-alkyl or cyclic N) is 1. The summed E-state index contributed by atoms with van der Waals surface area (Å²) in [6.45, 7) is 3.97. The molecule has 2 bridgehead atoms. The molecule has 0 radical (unpaired) electrons. The maximum Gasteiger partial charge on any atom is 0.255 e. The van der Waals surface area contributed by atoms with Gasteiger partial charge in [0.15, 0.2) is 0 Å². The zero-order valence-corrected chi connectivity index (χ0v) is 16.3. The van der Waals surface area contributed by atoms with Crippen LogP contribution in [0.5, 0.6) is 0 Å². The average Bonchev–Trinajstić information content (AvgIpc) is 3.12. The van der Waals surface area contributed by atoms with E-state index in [4.69, 9.17) is 0 Å². The van der Waals surface area contributed by atoms with Crippen molar-refractivity contribution in [1.29, 1.82) is 0 Å². The van der Waals surface area contributed by atoms with Gasteiger partial charge >= 0.3 is 0 Å². The lowest BCUT2D eigenvalue weighted by molar-refractivity contribution is -0.130. The highest BCUT2D eigenvalue weighted by Crippen LogP contribution is 2.22. The van der Waals surface area contributed by atoms with Gasteiger partial charge in [0.1, 0.15) is 0 Å². The van der Waals surface area contributed by atoms with Crippen LogP contribution in [-0.4, -0.2) is 58.6 Å². The molecule has 3 heterocycles. The van der Waals surface area contributed by atoms with Crippen molar-refractivity contribution >= 4 is 16.8 Å². The number of likely N-dealkylation sites (N-methyl/N-ethyl adjacent to an activating group) is 1. The third kappa shape index (κ3) is 4.97. The minimum Gasteiger partial charge on any atom is -0.392 e. The number of nitrogens with zero attached hydrogens (tertiary/aromatic N) is 2. The molecule has 6 nitrogen and oxygen atoms in total. The Kier molecular flexibility index (Phi) is 6.44. The number of aromatic nitrogens is 1. The van der Waals surface area contributed by atoms with Crippen LogP contribution in [-0.2, 0) is 4.79 Å². The first kappa shape index (κ1) is 20.0. The Morgan fingerprint density at radius 3 is 2.32 bits per heavy atom. The van der Waals surface area contributed by atoms with Crippen LogP contribution in [0.2, 0.25) is 0 Å². The van der Waals surface area contributed by atoms with Crippen LogP contribution in [0.3, 0.4) is 0 Å². The second kappa shape index (κ2) is 8.99. The number of nitrogens with one attached hydrogen (secondary N) is 1. The van der Waals surface area contributed by atoms with Crippen molar-refractivity contribution in [1.82, 2.24) is 14.8 Å². The Morgan fingerprint density at radius 2 is 1.89 bits per heavy atom. The van der Waals surface area contributed by atoms with Crippen LogP contribution >= 0.6 is 0 Å². The van der Waals surface area contributed by atoms with Crippen LogP contribution in [0.25, 0.3) is 10.9 Å². The summed E-state index contributed by atoms with van der Waals surface area (Å²) < 4.78 is 0. The van der Waals surface area contributed by atoms with Gasteiger partial charge in [0.2, 0.25) is 5.91 Å².